The Hall–Kier alpha value is -1.19. The van der Waals surface area contributed by atoms with Gasteiger partial charge in [-0.1, -0.05) is 29.3 Å². The van der Waals surface area contributed by atoms with E-state index in [-0.39, 0.29) is 0 Å². The first kappa shape index (κ1) is 11.3. The third-order valence-electron chi connectivity index (χ3n) is 2.49. The number of H-pyrrole nitrogens is 1. The Balaban J connectivity index is 2.34. The van der Waals surface area contributed by atoms with E-state index in [9.17, 15) is 0 Å². The molecule has 1 aromatic heterocycles. The fourth-order valence-electron chi connectivity index (χ4n) is 1.55. The zero-order chi connectivity index (χ0) is 11.7. The number of rotatable bonds is 2. The number of anilines is 1. The van der Waals surface area contributed by atoms with Crippen LogP contribution in [0.25, 0.3) is 0 Å². The first-order valence-corrected chi connectivity index (χ1v) is 5.56. The largest absolute Gasteiger partial charge is 0.382 e. The molecule has 84 valence electrons. The van der Waals surface area contributed by atoms with Gasteiger partial charge in [-0.05, 0) is 24.6 Å². The Kier molecular flexibility index (Phi) is 3.08. The van der Waals surface area contributed by atoms with Gasteiger partial charge in [-0.3, -0.25) is 5.10 Å². The van der Waals surface area contributed by atoms with Crippen molar-refractivity contribution in [1.29, 1.82) is 0 Å². The van der Waals surface area contributed by atoms with Crippen molar-refractivity contribution in [3.8, 4) is 0 Å². The van der Waals surface area contributed by atoms with E-state index >= 15 is 0 Å². The molecule has 0 saturated carbocycles. The summed E-state index contributed by atoms with van der Waals surface area (Å²) in [6.45, 7) is 1.93. The molecule has 0 aliphatic carbocycles. The normalized spacial score (nSPS) is 10.7. The lowest BCUT2D eigenvalue weighted by molar-refractivity contribution is 1.04. The summed E-state index contributed by atoms with van der Waals surface area (Å²) < 4.78 is 0. The van der Waals surface area contributed by atoms with Gasteiger partial charge in [-0.15, -0.1) is 0 Å². The summed E-state index contributed by atoms with van der Waals surface area (Å²) in [5, 5.41) is 8.06. The summed E-state index contributed by atoms with van der Waals surface area (Å²) in [7, 11) is 0. The topological polar surface area (TPSA) is 54.7 Å². The van der Waals surface area contributed by atoms with Gasteiger partial charge in [-0.25, -0.2) is 0 Å². The molecule has 0 amide bonds. The van der Waals surface area contributed by atoms with E-state index < -0.39 is 0 Å². The number of nitrogens with zero attached hydrogens (tertiary/aromatic N) is 1. The van der Waals surface area contributed by atoms with Crippen LogP contribution >= 0.6 is 23.2 Å². The second-order valence-electron chi connectivity index (χ2n) is 3.62. The summed E-state index contributed by atoms with van der Waals surface area (Å²) in [6.07, 6.45) is 0.657. The Morgan fingerprint density at radius 1 is 1.38 bits per heavy atom. The SMILES string of the molecule is Cc1[nH]nc(N)c1Cc1ccc(Cl)cc1Cl. The van der Waals surface area contributed by atoms with Crippen LogP contribution in [0.2, 0.25) is 10.0 Å². The predicted molar refractivity (Wildman–Crippen MR) is 67.0 cm³/mol. The average molecular weight is 256 g/mol. The van der Waals surface area contributed by atoms with Crippen molar-refractivity contribution in [2.24, 2.45) is 0 Å². The molecule has 0 aliphatic rings. The predicted octanol–water partition coefficient (Wildman–Crippen LogP) is 3.20. The Morgan fingerprint density at radius 2 is 2.12 bits per heavy atom. The number of halogens is 2. The number of nitrogens with two attached hydrogens (primary N) is 1. The van der Waals surface area contributed by atoms with Gasteiger partial charge in [0.2, 0.25) is 0 Å². The molecule has 2 aromatic rings. The van der Waals surface area contributed by atoms with Crippen molar-refractivity contribution < 1.29 is 0 Å². The lowest BCUT2D eigenvalue weighted by Gasteiger charge is -2.04. The van der Waals surface area contributed by atoms with Crippen molar-refractivity contribution in [3.05, 3.63) is 45.1 Å². The first-order chi connectivity index (χ1) is 7.58. The summed E-state index contributed by atoms with van der Waals surface area (Å²) in [5.41, 5.74) is 8.68. The standard InChI is InChI=1S/C11H11Cl2N3/c1-6-9(11(14)16-15-6)4-7-2-3-8(12)5-10(7)13/h2-3,5H,4H2,1H3,(H3,14,15,16). The van der Waals surface area contributed by atoms with Crippen LogP contribution in [0.5, 0.6) is 0 Å². The minimum Gasteiger partial charge on any atom is -0.382 e. The van der Waals surface area contributed by atoms with Crippen molar-refractivity contribution in [2.75, 3.05) is 5.73 Å². The minimum atomic E-state index is 0.517. The summed E-state index contributed by atoms with van der Waals surface area (Å²) in [6, 6.07) is 5.44. The van der Waals surface area contributed by atoms with E-state index in [1.807, 2.05) is 19.1 Å². The van der Waals surface area contributed by atoms with Crippen LogP contribution in [-0.2, 0) is 6.42 Å². The highest BCUT2D eigenvalue weighted by molar-refractivity contribution is 6.35. The molecular formula is C11H11Cl2N3. The summed E-state index contributed by atoms with van der Waals surface area (Å²) in [4.78, 5) is 0. The molecule has 1 aromatic carbocycles. The number of hydrogen-bond acceptors (Lipinski definition) is 2. The molecule has 16 heavy (non-hydrogen) atoms. The quantitative estimate of drug-likeness (QED) is 0.866. The molecule has 1 heterocycles. The number of aryl methyl sites for hydroxylation is 1. The van der Waals surface area contributed by atoms with Crippen LogP contribution in [0.1, 0.15) is 16.8 Å². The molecule has 3 N–H and O–H groups in total. The Labute approximate surface area is 104 Å². The third kappa shape index (κ3) is 2.15. The molecule has 0 fully saturated rings. The van der Waals surface area contributed by atoms with Crippen LogP contribution < -0.4 is 5.73 Å². The van der Waals surface area contributed by atoms with E-state index in [0.29, 0.717) is 22.3 Å². The van der Waals surface area contributed by atoms with Crippen molar-refractivity contribution >= 4 is 29.0 Å². The summed E-state index contributed by atoms with van der Waals surface area (Å²) in [5.74, 6) is 0.517. The zero-order valence-corrected chi connectivity index (χ0v) is 10.2. The zero-order valence-electron chi connectivity index (χ0n) is 8.72. The van der Waals surface area contributed by atoms with Crippen LogP contribution in [-0.4, -0.2) is 10.2 Å². The number of nitrogen functional groups attached to an aromatic ring is 1. The molecular weight excluding hydrogens is 245 g/mol. The molecule has 0 saturated heterocycles. The summed E-state index contributed by atoms with van der Waals surface area (Å²) >= 11 is 11.9. The van der Waals surface area contributed by atoms with Crippen LogP contribution in [0.15, 0.2) is 18.2 Å². The molecule has 0 radical (unpaired) electrons. The lowest BCUT2D eigenvalue weighted by Crippen LogP contribution is -1.95. The monoisotopic (exact) mass is 255 g/mol. The number of aromatic amines is 1. The van der Waals surface area contributed by atoms with Gasteiger partial charge in [0, 0.05) is 27.7 Å². The highest BCUT2D eigenvalue weighted by Gasteiger charge is 2.10. The molecule has 0 spiro atoms. The van der Waals surface area contributed by atoms with E-state index in [1.165, 1.54) is 0 Å². The molecule has 2 rings (SSSR count). The molecule has 0 bridgehead atoms. The molecule has 0 aliphatic heterocycles. The van der Waals surface area contributed by atoms with Gasteiger partial charge in [0.25, 0.3) is 0 Å². The van der Waals surface area contributed by atoms with Crippen molar-refractivity contribution in [2.45, 2.75) is 13.3 Å². The second-order valence-corrected chi connectivity index (χ2v) is 4.47. The van der Waals surface area contributed by atoms with Gasteiger partial charge >= 0.3 is 0 Å². The van der Waals surface area contributed by atoms with Gasteiger partial charge in [-0.2, -0.15) is 5.10 Å². The van der Waals surface area contributed by atoms with Gasteiger partial charge in [0.1, 0.15) is 5.82 Å². The lowest BCUT2D eigenvalue weighted by atomic mass is 10.1. The van der Waals surface area contributed by atoms with Crippen LogP contribution in [0.3, 0.4) is 0 Å². The van der Waals surface area contributed by atoms with Crippen molar-refractivity contribution in [1.82, 2.24) is 10.2 Å². The maximum Gasteiger partial charge on any atom is 0.148 e. The highest BCUT2D eigenvalue weighted by atomic mass is 35.5. The Bertz CT molecular complexity index is 500. The van der Waals surface area contributed by atoms with Gasteiger partial charge in [0.05, 0.1) is 0 Å². The highest BCUT2D eigenvalue weighted by Crippen LogP contribution is 2.25. The fourth-order valence-corrected chi connectivity index (χ4v) is 2.03. The smallest absolute Gasteiger partial charge is 0.148 e. The number of nitrogens with one attached hydrogen (secondary N) is 1. The average Bonchev–Trinajstić information content (AvgIpc) is 2.53. The second kappa shape index (κ2) is 4.36. The van der Waals surface area contributed by atoms with E-state index in [0.717, 1.165) is 16.8 Å². The minimum absolute atomic E-state index is 0.517. The molecule has 3 nitrogen and oxygen atoms in total. The number of benzene rings is 1. The third-order valence-corrected chi connectivity index (χ3v) is 3.08. The van der Waals surface area contributed by atoms with E-state index in [2.05, 4.69) is 10.2 Å². The van der Waals surface area contributed by atoms with Crippen LogP contribution in [0, 0.1) is 6.92 Å². The molecule has 5 heteroatoms. The Morgan fingerprint density at radius 3 is 2.69 bits per heavy atom. The van der Waals surface area contributed by atoms with E-state index in [1.54, 1.807) is 6.07 Å². The van der Waals surface area contributed by atoms with Gasteiger partial charge < -0.3 is 5.73 Å². The first-order valence-electron chi connectivity index (χ1n) is 4.81. The van der Waals surface area contributed by atoms with Crippen molar-refractivity contribution in [3.63, 3.8) is 0 Å². The molecule has 0 atom stereocenters. The maximum absolute atomic E-state index is 6.10. The maximum atomic E-state index is 6.10. The number of hydrogen-bond donors (Lipinski definition) is 2. The number of aromatic nitrogens is 2. The fraction of sp³-hybridized carbons (Fsp3) is 0.182. The van der Waals surface area contributed by atoms with E-state index in [4.69, 9.17) is 28.9 Å². The van der Waals surface area contributed by atoms with Gasteiger partial charge in [0.15, 0.2) is 0 Å². The van der Waals surface area contributed by atoms with Crippen LogP contribution in [0.4, 0.5) is 5.82 Å². The molecule has 0 unspecified atom stereocenters.